The van der Waals surface area contributed by atoms with Gasteiger partial charge in [0.2, 0.25) is 0 Å². The van der Waals surface area contributed by atoms with E-state index >= 15 is 0 Å². The zero-order valence-corrected chi connectivity index (χ0v) is 21.9. The second-order valence-electron chi connectivity index (χ2n) is 9.29. The fourth-order valence-electron chi connectivity index (χ4n) is 3.17. The number of nitrogens with one attached hydrogen (secondary N) is 2. The molecular weight excluding hydrogens is 494 g/mol. The lowest BCUT2D eigenvalue weighted by molar-refractivity contribution is -0.154. The number of esters is 1. The van der Waals surface area contributed by atoms with Crippen LogP contribution in [0.25, 0.3) is 11.1 Å². The van der Waals surface area contributed by atoms with Crippen LogP contribution in [0.15, 0.2) is 60.8 Å². The molecule has 3 amide bonds. The number of benzene rings is 2. The maximum absolute atomic E-state index is 12.8. The number of carboxylic acid groups (broad SMARTS) is 1. The van der Waals surface area contributed by atoms with Gasteiger partial charge in [0.1, 0.15) is 12.2 Å². The van der Waals surface area contributed by atoms with E-state index in [1.165, 1.54) is 7.05 Å². The molecule has 11 nitrogen and oxygen atoms in total. The highest BCUT2D eigenvalue weighted by molar-refractivity contribution is 6.03. The fourth-order valence-corrected chi connectivity index (χ4v) is 3.17. The summed E-state index contributed by atoms with van der Waals surface area (Å²) in [5.41, 5.74) is 1.24. The normalized spacial score (nSPS) is 11.5. The number of carbonyl (C=O) groups excluding carboxylic acids is 4. The Morgan fingerprint density at radius 2 is 1.66 bits per heavy atom. The van der Waals surface area contributed by atoms with E-state index in [2.05, 4.69) is 17.2 Å². The number of nitrogens with zero attached hydrogens (tertiary/aromatic N) is 1. The Hall–Kier alpha value is -4.67. The number of hydrogen-bond donors (Lipinski definition) is 3. The molecule has 0 saturated carbocycles. The van der Waals surface area contributed by atoms with Crippen molar-refractivity contribution in [3.8, 4) is 11.1 Å². The summed E-state index contributed by atoms with van der Waals surface area (Å²) in [6.45, 7) is 9.40. The molecule has 202 valence electrons. The molecule has 0 aliphatic carbocycles. The fraction of sp³-hybridized carbons (Fsp3) is 0.296. The van der Waals surface area contributed by atoms with Crippen LogP contribution in [0, 0.1) is 0 Å². The molecule has 0 fully saturated rings. The van der Waals surface area contributed by atoms with Crippen molar-refractivity contribution in [2.75, 3.05) is 19.0 Å². The predicted molar refractivity (Wildman–Crippen MR) is 139 cm³/mol. The van der Waals surface area contributed by atoms with Crippen LogP contribution in [0.4, 0.5) is 10.5 Å². The molecule has 1 atom stereocenters. The molecule has 0 radical (unpaired) electrons. The Bertz CT molecular complexity index is 1230. The largest absolute Gasteiger partial charge is 0.480 e. The molecular formula is C27H31N3O8. The van der Waals surface area contributed by atoms with Gasteiger partial charge in [0.15, 0.2) is 6.04 Å². The van der Waals surface area contributed by atoms with Crippen molar-refractivity contribution in [1.29, 1.82) is 0 Å². The third-order valence-corrected chi connectivity index (χ3v) is 5.03. The highest BCUT2D eigenvalue weighted by Crippen LogP contribution is 2.23. The Kier molecular flexibility index (Phi) is 9.75. The smallest absolute Gasteiger partial charge is 0.412 e. The van der Waals surface area contributed by atoms with Crippen LogP contribution in [0.5, 0.6) is 0 Å². The van der Waals surface area contributed by atoms with Crippen LogP contribution in [0.2, 0.25) is 0 Å². The molecule has 0 aliphatic heterocycles. The zero-order chi connectivity index (χ0) is 28.6. The molecule has 3 N–H and O–H groups in total. The van der Waals surface area contributed by atoms with Gasteiger partial charge in [0.25, 0.3) is 11.8 Å². The highest BCUT2D eigenvalue weighted by atomic mass is 16.6. The van der Waals surface area contributed by atoms with Gasteiger partial charge in [0, 0.05) is 25.2 Å². The van der Waals surface area contributed by atoms with E-state index in [1.807, 2.05) is 0 Å². The maximum Gasteiger partial charge on any atom is 0.412 e. The van der Waals surface area contributed by atoms with Crippen LogP contribution in [-0.4, -0.2) is 65.2 Å². The molecule has 0 aromatic heterocycles. The number of rotatable bonds is 9. The molecule has 2 aromatic rings. The second-order valence-corrected chi connectivity index (χ2v) is 9.29. The van der Waals surface area contributed by atoms with E-state index in [0.29, 0.717) is 11.3 Å². The summed E-state index contributed by atoms with van der Waals surface area (Å²) in [6.07, 6.45) is -0.578. The number of hydrogen-bond acceptors (Lipinski definition) is 7. The Morgan fingerprint density at radius 1 is 1.03 bits per heavy atom. The average Bonchev–Trinajstić information content (AvgIpc) is 2.82. The molecule has 0 aliphatic rings. The third kappa shape index (κ3) is 8.77. The van der Waals surface area contributed by atoms with Crippen LogP contribution in [0.3, 0.4) is 0 Å². The van der Waals surface area contributed by atoms with Crippen LogP contribution < -0.4 is 10.6 Å². The number of aliphatic carboxylic acids is 1. The summed E-state index contributed by atoms with van der Waals surface area (Å²) in [5.74, 6) is -3.57. The lowest BCUT2D eigenvalue weighted by Crippen LogP contribution is -2.48. The molecule has 11 heteroatoms. The molecule has 2 aromatic carbocycles. The van der Waals surface area contributed by atoms with E-state index in [0.717, 1.165) is 17.4 Å². The van der Waals surface area contributed by atoms with Gasteiger partial charge in [-0.15, -0.1) is 0 Å². The van der Waals surface area contributed by atoms with Crippen molar-refractivity contribution < 1.29 is 38.6 Å². The summed E-state index contributed by atoms with van der Waals surface area (Å²) in [6, 6.07) is 12.0. The van der Waals surface area contributed by atoms with E-state index < -0.39 is 48.1 Å². The SMILES string of the molecule is C=C(NC(=O)c1cccc(-c2ccc(NC(=O)OC(C)(C)C)cc2)c1)C(=O)N(C)[C@@H](COC(C)=O)C(=O)O. The van der Waals surface area contributed by atoms with Gasteiger partial charge in [0.05, 0.1) is 5.70 Å². The van der Waals surface area contributed by atoms with Gasteiger partial charge in [-0.1, -0.05) is 30.8 Å². The van der Waals surface area contributed by atoms with Gasteiger partial charge in [-0.2, -0.15) is 0 Å². The molecule has 0 unspecified atom stereocenters. The van der Waals surface area contributed by atoms with Crippen molar-refractivity contribution in [2.24, 2.45) is 0 Å². The van der Waals surface area contributed by atoms with E-state index in [-0.39, 0.29) is 11.3 Å². The minimum absolute atomic E-state index is 0.227. The van der Waals surface area contributed by atoms with Crippen LogP contribution >= 0.6 is 0 Å². The summed E-state index contributed by atoms with van der Waals surface area (Å²) < 4.78 is 9.94. The van der Waals surface area contributed by atoms with Crippen LogP contribution in [-0.2, 0) is 23.9 Å². The minimum Gasteiger partial charge on any atom is -0.480 e. The highest BCUT2D eigenvalue weighted by Gasteiger charge is 2.29. The van der Waals surface area contributed by atoms with Crippen molar-refractivity contribution in [2.45, 2.75) is 39.3 Å². The van der Waals surface area contributed by atoms with Gasteiger partial charge in [-0.25, -0.2) is 9.59 Å². The summed E-state index contributed by atoms with van der Waals surface area (Å²) in [4.78, 5) is 60.7. The third-order valence-electron chi connectivity index (χ3n) is 5.03. The van der Waals surface area contributed by atoms with Gasteiger partial charge >= 0.3 is 18.0 Å². The topological polar surface area (TPSA) is 151 Å². The molecule has 0 saturated heterocycles. The first-order chi connectivity index (χ1) is 17.7. The Morgan fingerprint density at radius 3 is 2.21 bits per heavy atom. The molecule has 0 heterocycles. The number of carboxylic acids is 1. The summed E-state index contributed by atoms with van der Waals surface area (Å²) in [7, 11) is 1.20. The first-order valence-electron chi connectivity index (χ1n) is 11.5. The van der Waals surface area contributed by atoms with Crippen molar-refractivity contribution in [1.82, 2.24) is 10.2 Å². The summed E-state index contributed by atoms with van der Waals surface area (Å²) >= 11 is 0. The molecule has 2 rings (SSSR count). The maximum atomic E-state index is 12.8. The van der Waals surface area contributed by atoms with Gasteiger partial charge in [-0.3, -0.25) is 19.7 Å². The van der Waals surface area contributed by atoms with E-state index in [4.69, 9.17) is 9.47 Å². The quantitative estimate of drug-likeness (QED) is 0.333. The lowest BCUT2D eigenvalue weighted by Gasteiger charge is -2.25. The number of likely N-dealkylation sites (N-methyl/N-ethyl adjacent to an activating group) is 1. The first-order valence-corrected chi connectivity index (χ1v) is 11.5. The van der Waals surface area contributed by atoms with Crippen molar-refractivity contribution in [3.63, 3.8) is 0 Å². The Labute approximate surface area is 220 Å². The second kappa shape index (κ2) is 12.5. The molecule has 0 spiro atoms. The molecule has 0 bridgehead atoms. The summed E-state index contributed by atoms with van der Waals surface area (Å²) in [5, 5.41) is 14.4. The van der Waals surface area contributed by atoms with Crippen LogP contribution in [0.1, 0.15) is 38.1 Å². The number of amides is 3. The standard InChI is InChI=1S/C27H31N3O8/c1-16(24(33)30(6)22(25(34)35)15-37-17(2)31)28-23(32)20-9-7-8-19(14-20)18-10-12-21(13-11-18)29-26(36)38-27(3,4)5/h7-14,22H,1,15H2,2-6H3,(H,28,32)(H,29,36)(H,34,35)/t22-/m0/s1. The first kappa shape index (κ1) is 29.6. The number of carbonyl (C=O) groups is 5. The number of anilines is 1. The van der Waals surface area contributed by atoms with E-state index in [1.54, 1.807) is 69.3 Å². The van der Waals surface area contributed by atoms with Gasteiger partial charge in [-0.05, 0) is 56.2 Å². The predicted octanol–water partition coefficient (Wildman–Crippen LogP) is 3.42. The van der Waals surface area contributed by atoms with E-state index in [9.17, 15) is 29.1 Å². The van der Waals surface area contributed by atoms with Crippen molar-refractivity contribution >= 4 is 35.5 Å². The van der Waals surface area contributed by atoms with Gasteiger partial charge < -0.3 is 24.8 Å². The number of ether oxygens (including phenoxy) is 2. The lowest BCUT2D eigenvalue weighted by atomic mass is 10.0. The zero-order valence-electron chi connectivity index (χ0n) is 21.9. The monoisotopic (exact) mass is 525 g/mol. The Balaban J connectivity index is 2.08. The average molecular weight is 526 g/mol. The minimum atomic E-state index is -1.46. The van der Waals surface area contributed by atoms with Crippen molar-refractivity contribution in [3.05, 3.63) is 66.4 Å². The molecule has 38 heavy (non-hydrogen) atoms.